The predicted octanol–water partition coefficient (Wildman–Crippen LogP) is 8.75. The minimum absolute atomic E-state index is 0. The Morgan fingerprint density at radius 2 is 0.556 bits per heavy atom. The first-order valence-corrected chi connectivity index (χ1v) is 15.8. The maximum atomic E-state index is 9.53. The minimum atomic E-state index is -0.417. The number of ether oxygens (including phenoxy) is 1. The number of hydrogen-bond acceptors (Lipinski definition) is 3. The van der Waals surface area contributed by atoms with Crippen molar-refractivity contribution in [2.75, 3.05) is 13.2 Å². The summed E-state index contributed by atoms with van der Waals surface area (Å²) in [5, 5.41) is 19.1. The van der Waals surface area contributed by atoms with Gasteiger partial charge in [0.05, 0.1) is 0 Å². The normalized spacial score (nSPS) is 10.5. The Morgan fingerprint density at radius 1 is 0.389 bits per heavy atom. The molecule has 0 aliphatic rings. The summed E-state index contributed by atoms with van der Waals surface area (Å²) in [5.41, 5.74) is 0. The molecule has 0 spiro atoms. The average Bonchev–Trinajstić information content (AvgIpc) is 2.79. The van der Waals surface area contributed by atoms with Gasteiger partial charge in [0, 0.05) is 13.2 Å². The Labute approximate surface area is 240 Å². The molecule has 0 aliphatic carbocycles. The van der Waals surface area contributed by atoms with Crippen molar-refractivity contribution in [1.29, 1.82) is 0 Å². The third-order valence-corrected chi connectivity index (χ3v) is 5.78. The Kier molecular flexibility index (Phi) is 51.3. The van der Waals surface area contributed by atoms with E-state index in [1.165, 1.54) is 141 Å². The second-order valence-corrected chi connectivity index (χ2v) is 10.8. The maximum Gasteiger partial charge on any atom is 2.00 e. The Morgan fingerprint density at radius 3 is 0.750 bits per heavy atom. The van der Waals surface area contributed by atoms with E-state index in [-0.39, 0.29) is 17.4 Å². The van der Waals surface area contributed by atoms with E-state index < -0.39 is 12.2 Å². The summed E-state index contributed by atoms with van der Waals surface area (Å²) in [6.07, 6.45) is 30.3. The van der Waals surface area contributed by atoms with Crippen LogP contribution in [0.25, 0.3) is 0 Å². The van der Waals surface area contributed by atoms with Crippen molar-refractivity contribution in [3.8, 4) is 0 Å². The van der Waals surface area contributed by atoms with E-state index in [0.29, 0.717) is 0 Å². The van der Waals surface area contributed by atoms with Gasteiger partial charge in [0.1, 0.15) is 0 Å². The van der Waals surface area contributed by atoms with E-state index in [1.807, 2.05) is 0 Å². The molecule has 0 saturated heterocycles. The summed E-state index contributed by atoms with van der Waals surface area (Å²) in [7, 11) is 0. The Hall–Kier alpha value is 0.412. The molecular weight excluding hydrogens is 459 g/mol. The number of hydrogen-bond donors (Lipinski definition) is 0. The first kappa shape index (κ1) is 43.5. The van der Waals surface area contributed by atoms with E-state index in [2.05, 4.69) is 13.8 Å². The van der Waals surface area contributed by atoms with Crippen molar-refractivity contribution < 1.29 is 14.9 Å². The fraction of sp³-hybridized carbons (Fsp3) is 1.00. The van der Waals surface area contributed by atoms with E-state index in [9.17, 15) is 10.2 Å². The second-order valence-electron chi connectivity index (χ2n) is 10.8. The van der Waals surface area contributed by atoms with Gasteiger partial charge >= 0.3 is 17.4 Å². The maximum absolute atomic E-state index is 9.53. The Balaban J connectivity index is -0.000000492. The molecule has 0 aromatic heterocycles. The molecule has 0 amide bonds. The summed E-state index contributed by atoms with van der Waals surface area (Å²) in [6.45, 7) is 13.0. The molecule has 1 radical (unpaired) electrons. The molecule has 0 N–H and O–H groups in total. The molecule has 0 aromatic rings. The van der Waals surface area contributed by atoms with Crippen LogP contribution in [-0.4, -0.2) is 42.8 Å². The topological polar surface area (TPSA) is 55.3 Å². The van der Waals surface area contributed by atoms with E-state index in [0.717, 1.165) is 13.2 Å². The van der Waals surface area contributed by atoms with Gasteiger partial charge in [-0.15, -0.1) is 12.2 Å². The number of unbranched alkanes of at least 4 members (excludes halogenated alkanes) is 20. The van der Waals surface area contributed by atoms with Gasteiger partial charge in [-0.3, -0.25) is 0 Å². The van der Waals surface area contributed by atoms with E-state index in [1.54, 1.807) is 27.7 Å². The summed E-state index contributed by atoms with van der Waals surface area (Å²) in [4.78, 5) is 0. The minimum Gasteiger partial charge on any atom is -0.852 e. The summed E-state index contributed by atoms with van der Waals surface area (Å²) >= 11 is 0. The Bertz CT molecular complexity index is 289. The standard InChI is InChI=1S/C26H54O.2C3H7O.Al/c1-3-5-7-9-11-13-15-17-19-21-23-25-27-26-24-22-20-18-16-14-12-10-8-6-4-2;2*1-3(2)4;/h3-26H2,1-2H3;2*3H,1-2H3;/q;2*-1;+2. The van der Waals surface area contributed by atoms with Gasteiger partial charge in [0.15, 0.2) is 0 Å². The largest absolute Gasteiger partial charge is 2.00 e. The van der Waals surface area contributed by atoms with Gasteiger partial charge in [-0.05, 0) is 12.8 Å². The fourth-order valence-corrected chi connectivity index (χ4v) is 3.84. The van der Waals surface area contributed by atoms with Crippen LogP contribution in [0.1, 0.15) is 183 Å². The zero-order valence-corrected chi connectivity index (χ0v) is 27.1. The van der Waals surface area contributed by atoms with Crippen LogP contribution in [0, 0.1) is 0 Å². The molecule has 0 fully saturated rings. The fourth-order valence-electron chi connectivity index (χ4n) is 3.84. The molecule has 0 unspecified atom stereocenters. The molecule has 36 heavy (non-hydrogen) atoms. The summed E-state index contributed by atoms with van der Waals surface area (Å²) in [6, 6.07) is 0. The van der Waals surface area contributed by atoms with Gasteiger partial charge in [-0.2, -0.15) is 0 Å². The SMILES string of the molecule is CC(C)[O-].CC(C)[O-].CCCCCCCCCCCCCOCCCCCCCCCCCCC.[Al+2]. The van der Waals surface area contributed by atoms with Crippen LogP contribution in [-0.2, 0) is 4.74 Å². The van der Waals surface area contributed by atoms with Crippen LogP contribution in [0.2, 0.25) is 0 Å². The number of rotatable bonds is 24. The summed E-state index contributed by atoms with van der Waals surface area (Å²) in [5.74, 6) is 0. The summed E-state index contributed by atoms with van der Waals surface area (Å²) < 4.78 is 5.80. The molecule has 0 rings (SSSR count). The van der Waals surface area contributed by atoms with E-state index >= 15 is 0 Å². The molecule has 0 heterocycles. The molecule has 4 heteroatoms. The third kappa shape index (κ3) is 64.5. The van der Waals surface area contributed by atoms with Crippen molar-refractivity contribution in [3.63, 3.8) is 0 Å². The molecule has 3 nitrogen and oxygen atoms in total. The van der Waals surface area contributed by atoms with Gasteiger partial charge in [-0.1, -0.05) is 170 Å². The zero-order valence-electron chi connectivity index (χ0n) is 25.9. The monoisotopic (exact) mass is 527 g/mol. The molecule has 0 aromatic carbocycles. The van der Waals surface area contributed by atoms with Crippen molar-refractivity contribution in [1.82, 2.24) is 0 Å². The molecule has 217 valence electrons. The van der Waals surface area contributed by atoms with Crippen molar-refractivity contribution in [2.24, 2.45) is 0 Å². The van der Waals surface area contributed by atoms with Crippen LogP contribution in [0.5, 0.6) is 0 Å². The molecule has 0 atom stereocenters. The molecular formula is C32H68AlO3. The van der Waals surface area contributed by atoms with Gasteiger partial charge < -0.3 is 14.9 Å². The van der Waals surface area contributed by atoms with Gasteiger partial charge in [0.25, 0.3) is 0 Å². The average molecular weight is 528 g/mol. The molecule has 0 bridgehead atoms. The first-order valence-electron chi connectivity index (χ1n) is 15.8. The molecule has 0 aliphatic heterocycles. The van der Waals surface area contributed by atoms with Crippen LogP contribution in [0.3, 0.4) is 0 Å². The van der Waals surface area contributed by atoms with E-state index in [4.69, 9.17) is 4.74 Å². The zero-order chi connectivity index (χ0) is 26.8. The third-order valence-electron chi connectivity index (χ3n) is 5.78. The quantitative estimate of drug-likeness (QED) is 0.0931. The van der Waals surface area contributed by atoms with Gasteiger partial charge in [0.2, 0.25) is 0 Å². The smallest absolute Gasteiger partial charge is 0.852 e. The van der Waals surface area contributed by atoms with Crippen LogP contribution >= 0.6 is 0 Å². The van der Waals surface area contributed by atoms with Crippen LogP contribution in [0.4, 0.5) is 0 Å². The molecule has 0 saturated carbocycles. The van der Waals surface area contributed by atoms with Crippen LogP contribution < -0.4 is 10.2 Å². The van der Waals surface area contributed by atoms with Crippen molar-refractivity contribution in [2.45, 2.75) is 195 Å². The first-order chi connectivity index (χ1) is 16.9. The van der Waals surface area contributed by atoms with Crippen molar-refractivity contribution >= 4 is 17.4 Å². The second kappa shape index (κ2) is 42.5. The van der Waals surface area contributed by atoms with Crippen LogP contribution in [0.15, 0.2) is 0 Å². The van der Waals surface area contributed by atoms with Crippen molar-refractivity contribution in [3.05, 3.63) is 0 Å². The predicted molar refractivity (Wildman–Crippen MR) is 160 cm³/mol. The van der Waals surface area contributed by atoms with Gasteiger partial charge in [-0.25, -0.2) is 0 Å².